The molecule has 2 aliphatic heterocycles. The third kappa shape index (κ3) is 2.17. The summed E-state index contributed by atoms with van der Waals surface area (Å²) in [4.78, 5) is 31.4. The molecule has 1 aliphatic carbocycles. The molecule has 6 nitrogen and oxygen atoms in total. The van der Waals surface area contributed by atoms with Gasteiger partial charge in [0.2, 0.25) is 0 Å². The van der Waals surface area contributed by atoms with Crippen molar-refractivity contribution in [2.45, 2.75) is 24.6 Å². The number of carboxylic acids is 1. The third-order valence-electron chi connectivity index (χ3n) is 4.38. The van der Waals surface area contributed by atoms with E-state index in [0.29, 0.717) is 5.57 Å². The maximum atomic E-state index is 12.2. The molecule has 0 spiro atoms. The predicted octanol–water partition coefficient (Wildman–Crippen LogP) is -2.22. The van der Waals surface area contributed by atoms with Crippen molar-refractivity contribution in [3.05, 3.63) is 39.1 Å². The number of β-lactam (4-membered cyclic amide) rings is 1. The first-order chi connectivity index (χ1) is 11.1. The number of carboxylic acid groups (broad SMARTS) is 1. The second kappa shape index (κ2) is 5.74. The molecule has 1 unspecified atom stereocenters. The fraction of sp³-hybridized carbons (Fsp3) is 0.267. The molecule has 5 rings (SSSR count). The Morgan fingerprint density at radius 2 is 2.25 bits per heavy atom. The molecule has 9 heteroatoms. The van der Waals surface area contributed by atoms with Gasteiger partial charge >= 0.3 is 29.6 Å². The van der Waals surface area contributed by atoms with Crippen LogP contribution in [0, 0.1) is 0 Å². The van der Waals surface area contributed by atoms with Gasteiger partial charge in [0, 0.05) is 16.8 Å². The number of thiazole rings is 1. The molecule has 24 heavy (non-hydrogen) atoms. The number of rotatable bonds is 2. The average molecular weight is 367 g/mol. The van der Waals surface area contributed by atoms with Crippen LogP contribution < -0.4 is 34.7 Å². The Morgan fingerprint density at radius 1 is 1.42 bits per heavy atom. The van der Waals surface area contributed by atoms with E-state index >= 15 is 0 Å². The number of carbonyl (C=O) groups excluding carboxylic acids is 2. The van der Waals surface area contributed by atoms with Crippen LogP contribution >= 0.6 is 23.1 Å². The van der Waals surface area contributed by atoms with E-state index in [1.807, 2.05) is 6.20 Å². The number of amides is 1. The standard InChI is InChI=1S/C15H11N3O3S2.Na/c19-12-8(13-18(12)10(6-22-13)14(20)21)4-7-5-17-9-2-1-3-11(9)23-15(17)16-7;/h4-6,13H,1-3H2,(H,20,21);/q;+1/p-1. The van der Waals surface area contributed by atoms with Crippen LogP contribution in [0.25, 0.3) is 11.0 Å². The number of hydrogen-bond donors (Lipinski definition) is 0. The third-order valence-corrected chi connectivity index (χ3v) is 6.62. The summed E-state index contributed by atoms with van der Waals surface area (Å²) in [5.74, 6) is -1.59. The fourth-order valence-corrected chi connectivity index (χ4v) is 5.62. The molecular formula is C15H10N3NaO3S2. The van der Waals surface area contributed by atoms with Crippen molar-refractivity contribution in [3.63, 3.8) is 0 Å². The Hall–Kier alpha value is -1.06. The molecule has 3 aliphatic rings. The Labute approximate surface area is 167 Å². The van der Waals surface area contributed by atoms with Crippen LogP contribution in [-0.4, -0.2) is 31.5 Å². The summed E-state index contributed by atoms with van der Waals surface area (Å²) in [6, 6.07) is 0. The molecule has 0 N–H and O–H groups in total. The number of aryl methyl sites for hydroxylation is 2. The van der Waals surface area contributed by atoms with Crippen molar-refractivity contribution in [1.29, 1.82) is 0 Å². The van der Waals surface area contributed by atoms with Crippen LogP contribution in [0.3, 0.4) is 0 Å². The molecule has 2 aromatic heterocycles. The van der Waals surface area contributed by atoms with Crippen molar-refractivity contribution in [3.8, 4) is 0 Å². The molecule has 1 fully saturated rings. The number of fused-ring (bicyclic) bond motifs is 4. The van der Waals surface area contributed by atoms with Crippen LogP contribution in [0.4, 0.5) is 0 Å². The minimum atomic E-state index is -1.31. The molecule has 0 saturated carbocycles. The zero-order chi connectivity index (χ0) is 15.7. The van der Waals surface area contributed by atoms with E-state index in [0.717, 1.165) is 23.5 Å². The van der Waals surface area contributed by atoms with E-state index in [1.54, 1.807) is 17.4 Å². The van der Waals surface area contributed by atoms with Crippen molar-refractivity contribution < 1.29 is 44.3 Å². The van der Waals surface area contributed by atoms with Crippen molar-refractivity contribution in [1.82, 2.24) is 14.3 Å². The summed E-state index contributed by atoms with van der Waals surface area (Å²) in [6.45, 7) is 0. The van der Waals surface area contributed by atoms with Crippen LogP contribution in [-0.2, 0) is 22.4 Å². The minimum absolute atomic E-state index is 0. The zero-order valence-electron chi connectivity index (χ0n) is 12.8. The normalized spacial score (nSPS) is 23.1. The van der Waals surface area contributed by atoms with Crippen LogP contribution in [0.2, 0.25) is 0 Å². The first-order valence-electron chi connectivity index (χ1n) is 7.25. The number of thioether (sulfide) groups is 1. The van der Waals surface area contributed by atoms with Gasteiger partial charge in [0.25, 0.3) is 5.91 Å². The Kier molecular flexibility index (Phi) is 3.92. The minimum Gasteiger partial charge on any atom is -0.543 e. The molecule has 1 amide bonds. The number of hydrogen-bond acceptors (Lipinski definition) is 6. The average Bonchev–Trinajstić information content (AvgIpc) is 3.23. The first-order valence-corrected chi connectivity index (χ1v) is 9.01. The Bertz CT molecular complexity index is 959. The largest absolute Gasteiger partial charge is 1.00 e. The number of imidazole rings is 1. The summed E-state index contributed by atoms with van der Waals surface area (Å²) >= 11 is 3.02. The molecule has 1 atom stereocenters. The van der Waals surface area contributed by atoms with E-state index in [2.05, 4.69) is 9.38 Å². The van der Waals surface area contributed by atoms with Gasteiger partial charge in [0.15, 0.2) is 4.96 Å². The number of aromatic nitrogens is 2. The summed E-state index contributed by atoms with van der Waals surface area (Å²) in [7, 11) is 0. The number of carbonyl (C=O) groups is 2. The molecule has 1 saturated heterocycles. The molecular weight excluding hydrogens is 357 g/mol. The van der Waals surface area contributed by atoms with E-state index in [1.165, 1.54) is 39.1 Å². The van der Waals surface area contributed by atoms with Gasteiger partial charge in [-0.05, 0) is 30.7 Å². The van der Waals surface area contributed by atoms with Crippen molar-refractivity contribution >= 4 is 46.0 Å². The topological polar surface area (TPSA) is 77.7 Å². The predicted molar refractivity (Wildman–Crippen MR) is 84.4 cm³/mol. The van der Waals surface area contributed by atoms with E-state index < -0.39 is 5.97 Å². The van der Waals surface area contributed by atoms with Gasteiger partial charge in [-0.25, -0.2) is 4.98 Å². The van der Waals surface area contributed by atoms with Gasteiger partial charge in [-0.15, -0.1) is 23.1 Å². The molecule has 116 valence electrons. The van der Waals surface area contributed by atoms with E-state index in [-0.39, 0.29) is 46.5 Å². The molecule has 0 radical (unpaired) electrons. The maximum Gasteiger partial charge on any atom is 1.00 e. The quantitative estimate of drug-likeness (QED) is 0.341. The molecule has 0 aromatic carbocycles. The monoisotopic (exact) mass is 367 g/mol. The van der Waals surface area contributed by atoms with Crippen LogP contribution in [0.1, 0.15) is 22.7 Å². The van der Waals surface area contributed by atoms with Gasteiger partial charge in [-0.1, -0.05) is 0 Å². The molecule has 2 aromatic rings. The van der Waals surface area contributed by atoms with Gasteiger partial charge in [-0.2, -0.15) is 0 Å². The number of nitrogens with zero attached hydrogens (tertiary/aromatic N) is 3. The number of aliphatic carboxylic acids is 1. The molecule has 4 heterocycles. The van der Waals surface area contributed by atoms with Crippen LogP contribution in [0.15, 0.2) is 22.9 Å². The molecule has 0 bridgehead atoms. The summed E-state index contributed by atoms with van der Waals surface area (Å²) in [5, 5.41) is 12.2. The van der Waals surface area contributed by atoms with Gasteiger partial charge in [-0.3, -0.25) is 14.1 Å². The van der Waals surface area contributed by atoms with Crippen molar-refractivity contribution in [2.24, 2.45) is 0 Å². The summed E-state index contributed by atoms with van der Waals surface area (Å²) in [6.07, 6.45) is 7.13. The van der Waals surface area contributed by atoms with E-state index in [4.69, 9.17) is 0 Å². The van der Waals surface area contributed by atoms with Gasteiger partial charge < -0.3 is 9.90 Å². The smallest absolute Gasteiger partial charge is 0.543 e. The van der Waals surface area contributed by atoms with E-state index in [9.17, 15) is 14.7 Å². The SMILES string of the molecule is O=C([O-])C1=CSC2C(=Cc3cn4c5c(sc4n3)CCC5)C(=O)N12.[Na+]. The van der Waals surface area contributed by atoms with Crippen LogP contribution in [0.5, 0.6) is 0 Å². The van der Waals surface area contributed by atoms with Gasteiger partial charge in [0.05, 0.1) is 22.9 Å². The zero-order valence-corrected chi connectivity index (χ0v) is 16.4. The second-order valence-electron chi connectivity index (χ2n) is 5.70. The fourth-order valence-electron chi connectivity index (χ4n) is 3.31. The summed E-state index contributed by atoms with van der Waals surface area (Å²) < 4.78 is 2.12. The Morgan fingerprint density at radius 3 is 3.04 bits per heavy atom. The van der Waals surface area contributed by atoms with Gasteiger partial charge in [0.1, 0.15) is 5.37 Å². The summed E-state index contributed by atoms with van der Waals surface area (Å²) in [5.41, 5.74) is 2.62. The second-order valence-corrected chi connectivity index (χ2v) is 7.71. The van der Waals surface area contributed by atoms with Crippen molar-refractivity contribution in [2.75, 3.05) is 0 Å². The Balaban J connectivity index is 0.00000146. The first kappa shape index (κ1) is 16.4. The maximum absolute atomic E-state index is 12.2.